The molecule has 1 aliphatic rings. The first-order chi connectivity index (χ1) is 14.7. The fourth-order valence-electron chi connectivity index (χ4n) is 3.57. The molecule has 0 aliphatic carbocycles. The number of anilines is 3. The van der Waals surface area contributed by atoms with Crippen molar-refractivity contribution in [3.8, 4) is 11.1 Å². The summed E-state index contributed by atoms with van der Waals surface area (Å²) in [4.78, 5) is 8.53. The molecule has 4 rings (SSSR count). The second-order valence-corrected chi connectivity index (χ2v) is 7.46. The Bertz CT molecular complexity index is 957. The Balaban J connectivity index is 1.46. The van der Waals surface area contributed by atoms with Gasteiger partial charge >= 0.3 is 0 Å². The minimum atomic E-state index is 0.145. The highest BCUT2D eigenvalue weighted by atomic mass is 16.5. The number of aromatic nitrogens is 2. The third-order valence-corrected chi connectivity index (χ3v) is 5.17. The van der Waals surface area contributed by atoms with E-state index in [9.17, 15) is 0 Å². The molecule has 0 amide bonds. The maximum absolute atomic E-state index is 6.20. The van der Waals surface area contributed by atoms with Gasteiger partial charge in [0.25, 0.3) is 0 Å². The number of benzene rings is 2. The summed E-state index contributed by atoms with van der Waals surface area (Å²) < 4.78 is 11.3. The number of nitrogen functional groups attached to an aromatic ring is 2. The molecule has 1 atom stereocenters. The van der Waals surface area contributed by atoms with Gasteiger partial charge in [-0.1, -0.05) is 42.5 Å². The van der Waals surface area contributed by atoms with Gasteiger partial charge in [0.05, 0.1) is 25.5 Å². The smallest absolute Gasteiger partial charge is 0.222 e. The quantitative estimate of drug-likeness (QED) is 0.526. The molecule has 0 bridgehead atoms. The normalized spacial score (nSPS) is 15.9. The van der Waals surface area contributed by atoms with Crippen LogP contribution in [0.5, 0.6) is 0 Å². The van der Waals surface area contributed by atoms with Gasteiger partial charge in [-0.05, 0) is 29.7 Å². The van der Waals surface area contributed by atoms with Gasteiger partial charge in [-0.25, -0.2) is 4.98 Å². The van der Waals surface area contributed by atoms with Gasteiger partial charge in [0.1, 0.15) is 5.82 Å². The van der Waals surface area contributed by atoms with Crippen molar-refractivity contribution in [3.63, 3.8) is 0 Å². The number of hydrogen-bond acceptors (Lipinski definition) is 7. The minimum absolute atomic E-state index is 0.145. The van der Waals surface area contributed by atoms with Crippen molar-refractivity contribution in [1.29, 1.82) is 0 Å². The van der Waals surface area contributed by atoms with Crippen LogP contribution in [0.2, 0.25) is 0 Å². The van der Waals surface area contributed by atoms with E-state index in [1.165, 1.54) is 0 Å². The number of nitrogens with one attached hydrogen (secondary N) is 1. The minimum Gasteiger partial charge on any atom is -0.385 e. The lowest BCUT2D eigenvalue weighted by Crippen LogP contribution is -2.13. The van der Waals surface area contributed by atoms with Crippen LogP contribution in [-0.4, -0.2) is 29.7 Å². The van der Waals surface area contributed by atoms with Gasteiger partial charge in [-0.3, -0.25) is 0 Å². The molecule has 7 nitrogen and oxygen atoms in total. The van der Waals surface area contributed by atoms with Crippen LogP contribution in [0.4, 0.5) is 17.5 Å². The molecule has 30 heavy (non-hydrogen) atoms. The molecule has 1 aliphatic heterocycles. The van der Waals surface area contributed by atoms with Crippen LogP contribution in [-0.2, 0) is 22.7 Å². The molecule has 156 valence electrons. The molecule has 0 radical (unpaired) electrons. The monoisotopic (exact) mass is 405 g/mol. The van der Waals surface area contributed by atoms with Crippen molar-refractivity contribution >= 4 is 17.5 Å². The van der Waals surface area contributed by atoms with E-state index in [0.29, 0.717) is 30.6 Å². The van der Waals surface area contributed by atoms with Crippen molar-refractivity contribution < 1.29 is 9.47 Å². The standard InChI is InChI=1S/C23H27N5O2/c24-22-21(18-6-8-19(9-7-18)26-12-17-10-11-29-14-17)20(27-23(25)28-22)15-30-13-16-4-2-1-3-5-16/h1-9,17,26H,10-15H2,(H4,24,25,27,28). The lowest BCUT2D eigenvalue weighted by molar-refractivity contribution is 0.105. The molecule has 1 unspecified atom stereocenters. The highest BCUT2D eigenvalue weighted by Crippen LogP contribution is 2.30. The first kappa shape index (κ1) is 20.1. The zero-order valence-corrected chi connectivity index (χ0v) is 16.9. The fourth-order valence-corrected chi connectivity index (χ4v) is 3.57. The van der Waals surface area contributed by atoms with Crippen LogP contribution in [0.3, 0.4) is 0 Å². The molecule has 0 saturated carbocycles. The Morgan fingerprint density at radius 2 is 1.80 bits per heavy atom. The van der Waals surface area contributed by atoms with Crippen molar-refractivity contribution in [3.05, 3.63) is 65.9 Å². The maximum Gasteiger partial charge on any atom is 0.222 e. The highest BCUT2D eigenvalue weighted by molar-refractivity contribution is 5.77. The molecule has 1 fully saturated rings. The molecular weight excluding hydrogens is 378 g/mol. The lowest BCUT2D eigenvalue weighted by atomic mass is 10.0. The van der Waals surface area contributed by atoms with Gasteiger partial charge in [0.2, 0.25) is 5.95 Å². The van der Waals surface area contributed by atoms with E-state index in [4.69, 9.17) is 20.9 Å². The van der Waals surface area contributed by atoms with Crippen LogP contribution in [0.1, 0.15) is 17.7 Å². The van der Waals surface area contributed by atoms with Gasteiger partial charge in [-0.15, -0.1) is 0 Å². The van der Waals surface area contributed by atoms with E-state index in [0.717, 1.165) is 48.6 Å². The summed E-state index contributed by atoms with van der Waals surface area (Å²) >= 11 is 0. The Labute approximate surface area is 176 Å². The summed E-state index contributed by atoms with van der Waals surface area (Å²) in [6, 6.07) is 18.1. The number of nitrogens with two attached hydrogens (primary N) is 2. The van der Waals surface area contributed by atoms with Gasteiger partial charge in [0.15, 0.2) is 0 Å². The lowest BCUT2D eigenvalue weighted by Gasteiger charge is -2.14. The molecule has 2 aromatic carbocycles. The zero-order chi connectivity index (χ0) is 20.8. The van der Waals surface area contributed by atoms with Crippen molar-refractivity contribution in [1.82, 2.24) is 9.97 Å². The molecule has 1 saturated heterocycles. The average molecular weight is 406 g/mol. The SMILES string of the molecule is Nc1nc(N)c(-c2ccc(NCC3CCOC3)cc2)c(COCc2ccccc2)n1. The first-order valence-electron chi connectivity index (χ1n) is 10.1. The van der Waals surface area contributed by atoms with E-state index in [1.807, 2.05) is 54.6 Å². The van der Waals surface area contributed by atoms with E-state index in [-0.39, 0.29) is 5.95 Å². The number of ether oxygens (including phenoxy) is 2. The van der Waals surface area contributed by atoms with Crippen molar-refractivity contribution in [2.75, 3.05) is 36.5 Å². The van der Waals surface area contributed by atoms with Crippen LogP contribution in [0.15, 0.2) is 54.6 Å². The maximum atomic E-state index is 6.20. The average Bonchev–Trinajstić information content (AvgIpc) is 3.27. The fraction of sp³-hybridized carbons (Fsp3) is 0.304. The van der Waals surface area contributed by atoms with E-state index in [1.54, 1.807) is 0 Å². The molecule has 3 aromatic rings. The highest BCUT2D eigenvalue weighted by Gasteiger charge is 2.16. The summed E-state index contributed by atoms with van der Waals surface area (Å²) in [5.74, 6) is 1.07. The molecular formula is C23H27N5O2. The Morgan fingerprint density at radius 3 is 2.53 bits per heavy atom. The zero-order valence-electron chi connectivity index (χ0n) is 16.9. The number of nitrogens with zero attached hydrogens (tertiary/aromatic N) is 2. The van der Waals surface area contributed by atoms with E-state index in [2.05, 4.69) is 15.3 Å². The van der Waals surface area contributed by atoms with Crippen molar-refractivity contribution in [2.45, 2.75) is 19.6 Å². The van der Waals surface area contributed by atoms with Crippen LogP contribution < -0.4 is 16.8 Å². The second kappa shape index (κ2) is 9.56. The predicted octanol–water partition coefficient (Wildman–Crippen LogP) is 3.47. The topological polar surface area (TPSA) is 108 Å². The van der Waals surface area contributed by atoms with Crippen molar-refractivity contribution in [2.24, 2.45) is 5.92 Å². The summed E-state index contributed by atoms with van der Waals surface area (Å²) in [6.45, 7) is 3.37. The molecule has 7 heteroatoms. The van der Waals surface area contributed by atoms with Crippen LogP contribution >= 0.6 is 0 Å². The summed E-state index contributed by atoms with van der Waals surface area (Å²) in [5, 5.41) is 3.47. The van der Waals surface area contributed by atoms with Crippen LogP contribution in [0, 0.1) is 5.92 Å². The first-order valence-corrected chi connectivity index (χ1v) is 10.1. The molecule has 1 aromatic heterocycles. The summed E-state index contributed by atoms with van der Waals surface area (Å²) in [5.41, 5.74) is 16.6. The Hall–Kier alpha value is -3.16. The van der Waals surface area contributed by atoms with E-state index < -0.39 is 0 Å². The second-order valence-electron chi connectivity index (χ2n) is 7.46. The molecule has 2 heterocycles. The Morgan fingerprint density at radius 1 is 1.00 bits per heavy atom. The van der Waals surface area contributed by atoms with E-state index >= 15 is 0 Å². The number of rotatable bonds is 8. The summed E-state index contributed by atoms with van der Waals surface area (Å²) in [7, 11) is 0. The van der Waals surface area contributed by atoms with Crippen LogP contribution in [0.25, 0.3) is 11.1 Å². The van der Waals surface area contributed by atoms with Gasteiger partial charge in [-0.2, -0.15) is 4.98 Å². The summed E-state index contributed by atoms with van der Waals surface area (Å²) in [6.07, 6.45) is 1.11. The largest absolute Gasteiger partial charge is 0.385 e. The Kier molecular flexibility index (Phi) is 6.41. The molecule has 0 spiro atoms. The predicted molar refractivity (Wildman–Crippen MR) is 119 cm³/mol. The van der Waals surface area contributed by atoms with Gasteiger partial charge < -0.3 is 26.3 Å². The number of hydrogen-bond donors (Lipinski definition) is 3. The van der Waals surface area contributed by atoms with Gasteiger partial charge in [0, 0.05) is 30.3 Å². The molecule has 5 N–H and O–H groups in total. The third kappa shape index (κ3) is 5.06. The third-order valence-electron chi connectivity index (χ3n) is 5.17.